The number of carbonyl (C=O) groups excluding carboxylic acids is 4. The van der Waals surface area contributed by atoms with E-state index in [4.69, 9.17) is 14.2 Å². The maximum Gasteiger partial charge on any atom is 0.328 e. The standard InChI is InChI=1S/C27H34N2O7/c1-8-34-23(31)19(29-22(30)18-10-9-13-28-16-18)14-17-11-12-20(35-24(32)26(2,3)4)21(15-17)36-25(33)27(5,6)7/h9-13,15-16,19H,8,14H2,1-7H3,(H,29,30). The quantitative estimate of drug-likeness (QED) is 0.430. The van der Waals surface area contributed by atoms with E-state index in [-0.39, 0.29) is 30.1 Å². The molecule has 1 atom stereocenters. The number of ether oxygens (including phenoxy) is 3. The Hall–Kier alpha value is -3.75. The Morgan fingerprint density at radius 1 is 0.917 bits per heavy atom. The van der Waals surface area contributed by atoms with E-state index in [0.717, 1.165) is 0 Å². The second kappa shape index (κ2) is 11.8. The van der Waals surface area contributed by atoms with Gasteiger partial charge in [0.2, 0.25) is 0 Å². The van der Waals surface area contributed by atoms with E-state index in [1.54, 1.807) is 66.7 Å². The van der Waals surface area contributed by atoms with Gasteiger partial charge in [0.05, 0.1) is 23.0 Å². The number of hydrogen-bond donors (Lipinski definition) is 1. The van der Waals surface area contributed by atoms with Crippen molar-refractivity contribution in [3.05, 3.63) is 53.9 Å². The van der Waals surface area contributed by atoms with Crippen LogP contribution in [0.5, 0.6) is 11.5 Å². The van der Waals surface area contributed by atoms with Crippen LogP contribution >= 0.6 is 0 Å². The van der Waals surface area contributed by atoms with E-state index < -0.39 is 40.7 Å². The first-order valence-corrected chi connectivity index (χ1v) is 11.7. The molecule has 0 aliphatic heterocycles. The molecular weight excluding hydrogens is 464 g/mol. The molecule has 0 radical (unpaired) electrons. The van der Waals surface area contributed by atoms with Crippen LogP contribution in [0.15, 0.2) is 42.7 Å². The minimum absolute atomic E-state index is 0.0335. The number of carbonyl (C=O) groups is 4. The zero-order valence-corrected chi connectivity index (χ0v) is 21.8. The van der Waals surface area contributed by atoms with Gasteiger partial charge in [-0.1, -0.05) is 6.07 Å². The maximum atomic E-state index is 12.7. The molecule has 0 saturated carbocycles. The lowest BCUT2D eigenvalue weighted by Gasteiger charge is -2.21. The number of pyridine rings is 1. The van der Waals surface area contributed by atoms with Gasteiger partial charge in [-0.2, -0.15) is 0 Å². The first-order chi connectivity index (χ1) is 16.7. The van der Waals surface area contributed by atoms with Crippen molar-refractivity contribution in [2.75, 3.05) is 6.61 Å². The molecule has 0 aliphatic rings. The van der Waals surface area contributed by atoms with Gasteiger partial charge in [0, 0.05) is 18.8 Å². The molecule has 0 saturated heterocycles. The van der Waals surface area contributed by atoms with Crippen molar-refractivity contribution in [1.82, 2.24) is 10.3 Å². The highest BCUT2D eigenvalue weighted by atomic mass is 16.6. The van der Waals surface area contributed by atoms with E-state index in [1.165, 1.54) is 24.5 Å². The van der Waals surface area contributed by atoms with Crippen molar-refractivity contribution in [3.63, 3.8) is 0 Å². The van der Waals surface area contributed by atoms with Crippen molar-refractivity contribution in [1.29, 1.82) is 0 Å². The van der Waals surface area contributed by atoms with Crippen LogP contribution in [0.1, 0.15) is 64.4 Å². The number of aromatic nitrogens is 1. The van der Waals surface area contributed by atoms with E-state index in [1.807, 2.05) is 0 Å². The van der Waals surface area contributed by atoms with Gasteiger partial charge in [0.1, 0.15) is 6.04 Å². The largest absolute Gasteiger partial charge is 0.464 e. The monoisotopic (exact) mass is 498 g/mol. The molecule has 0 fully saturated rings. The molecule has 9 heteroatoms. The maximum absolute atomic E-state index is 12.7. The molecule has 2 rings (SSSR count). The predicted molar refractivity (Wildman–Crippen MR) is 132 cm³/mol. The van der Waals surface area contributed by atoms with Crippen LogP contribution in [0, 0.1) is 10.8 Å². The lowest BCUT2D eigenvalue weighted by atomic mass is 9.97. The first-order valence-electron chi connectivity index (χ1n) is 11.7. The third kappa shape index (κ3) is 8.18. The third-order valence-corrected chi connectivity index (χ3v) is 4.88. The Bertz CT molecular complexity index is 1100. The van der Waals surface area contributed by atoms with Crippen LogP contribution in [0.2, 0.25) is 0 Å². The van der Waals surface area contributed by atoms with Crippen LogP contribution in [0.4, 0.5) is 0 Å². The highest BCUT2D eigenvalue weighted by Crippen LogP contribution is 2.33. The molecular formula is C27H34N2O7. The number of nitrogens with one attached hydrogen (secondary N) is 1. The molecule has 36 heavy (non-hydrogen) atoms. The zero-order chi connectivity index (χ0) is 27.1. The van der Waals surface area contributed by atoms with Crippen LogP contribution in [-0.2, 0) is 25.5 Å². The van der Waals surface area contributed by atoms with Gasteiger partial charge >= 0.3 is 17.9 Å². The SMILES string of the molecule is CCOC(=O)C(Cc1ccc(OC(=O)C(C)(C)C)c(OC(=O)C(C)(C)C)c1)NC(=O)c1cccnc1. The summed E-state index contributed by atoms with van der Waals surface area (Å²) in [5.41, 5.74) is -0.759. The summed E-state index contributed by atoms with van der Waals surface area (Å²) in [6.45, 7) is 12.0. The summed E-state index contributed by atoms with van der Waals surface area (Å²) < 4.78 is 16.2. The molecule has 1 N–H and O–H groups in total. The summed E-state index contributed by atoms with van der Waals surface area (Å²) in [4.78, 5) is 54.3. The minimum Gasteiger partial charge on any atom is -0.464 e. The summed E-state index contributed by atoms with van der Waals surface area (Å²) in [6.07, 6.45) is 2.96. The lowest BCUT2D eigenvalue weighted by Crippen LogP contribution is -2.43. The van der Waals surface area contributed by atoms with Crippen LogP contribution < -0.4 is 14.8 Å². The number of benzene rings is 1. The Labute approximate surface area is 211 Å². The number of esters is 3. The molecule has 9 nitrogen and oxygen atoms in total. The highest BCUT2D eigenvalue weighted by molar-refractivity contribution is 5.96. The van der Waals surface area contributed by atoms with Crippen molar-refractivity contribution in [2.45, 2.75) is 60.9 Å². The number of amides is 1. The minimum atomic E-state index is -1.02. The summed E-state index contributed by atoms with van der Waals surface area (Å²) in [6, 6.07) is 6.80. The first kappa shape index (κ1) is 28.5. The molecule has 1 amide bonds. The smallest absolute Gasteiger partial charge is 0.328 e. The van der Waals surface area contributed by atoms with Crippen molar-refractivity contribution >= 4 is 23.8 Å². The molecule has 1 heterocycles. The van der Waals surface area contributed by atoms with Crippen molar-refractivity contribution in [2.24, 2.45) is 10.8 Å². The Morgan fingerprint density at radius 2 is 1.53 bits per heavy atom. The normalized spacial score (nSPS) is 12.3. The van der Waals surface area contributed by atoms with Gasteiger partial charge in [-0.15, -0.1) is 0 Å². The van der Waals surface area contributed by atoms with Gasteiger partial charge in [-0.3, -0.25) is 19.4 Å². The molecule has 1 aromatic carbocycles. The fourth-order valence-corrected chi connectivity index (χ4v) is 2.76. The van der Waals surface area contributed by atoms with E-state index in [0.29, 0.717) is 5.56 Å². The topological polar surface area (TPSA) is 121 Å². The van der Waals surface area contributed by atoms with Crippen LogP contribution in [-0.4, -0.2) is 41.4 Å². The second-order valence-corrected chi connectivity index (χ2v) is 10.3. The predicted octanol–water partition coefficient (Wildman–Crippen LogP) is 3.89. The van der Waals surface area contributed by atoms with E-state index in [2.05, 4.69) is 10.3 Å². The molecule has 194 valence electrons. The fraction of sp³-hybridized carbons (Fsp3) is 0.444. The van der Waals surface area contributed by atoms with Gasteiger partial charge in [0.25, 0.3) is 5.91 Å². The van der Waals surface area contributed by atoms with Gasteiger partial charge < -0.3 is 19.5 Å². The number of nitrogens with zero attached hydrogens (tertiary/aromatic N) is 1. The molecule has 2 aromatic rings. The van der Waals surface area contributed by atoms with Gasteiger partial charge in [-0.05, 0) is 78.3 Å². The van der Waals surface area contributed by atoms with E-state index in [9.17, 15) is 19.2 Å². The zero-order valence-electron chi connectivity index (χ0n) is 21.8. The second-order valence-electron chi connectivity index (χ2n) is 10.3. The highest BCUT2D eigenvalue weighted by Gasteiger charge is 2.29. The summed E-state index contributed by atoms with van der Waals surface area (Å²) in [5.74, 6) is -2.03. The van der Waals surface area contributed by atoms with Gasteiger partial charge in [-0.25, -0.2) is 4.79 Å². The molecule has 1 unspecified atom stereocenters. The summed E-state index contributed by atoms with van der Waals surface area (Å²) in [5, 5.41) is 2.67. The third-order valence-electron chi connectivity index (χ3n) is 4.88. The van der Waals surface area contributed by atoms with Crippen molar-refractivity contribution < 1.29 is 33.4 Å². The average molecular weight is 499 g/mol. The van der Waals surface area contributed by atoms with Crippen LogP contribution in [0.3, 0.4) is 0 Å². The Balaban J connectivity index is 2.38. The van der Waals surface area contributed by atoms with E-state index >= 15 is 0 Å². The molecule has 0 spiro atoms. The Kier molecular flexibility index (Phi) is 9.33. The summed E-state index contributed by atoms with van der Waals surface area (Å²) >= 11 is 0. The average Bonchev–Trinajstić information content (AvgIpc) is 2.79. The van der Waals surface area contributed by atoms with Crippen molar-refractivity contribution in [3.8, 4) is 11.5 Å². The number of rotatable bonds is 8. The lowest BCUT2D eigenvalue weighted by molar-refractivity contribution is -0.145. The number of hydrogen-bond acceptors (Lipinski definition) is 8. The molecule has 0 bridgehead atoms. The fourth-order valence-electron chi connectivity index (χ4n) is 2.76. The van der Waals surface area contributed by atoms with Crippen LogP contribution in [0.25, 0.3) is 0 Å². The summed E-state index contributed by atoms with van der Waals surface area (Å²) in [7, 11) is 0. The Morgan fingerprint density at radius 3 is 2.06 bits per heavy atom. The molecule has 1 aromatic heterocycles. The molecule has 0 aliphatic carbocycles. The van der Waals surface area contributed by atoms with Gasteiger partial charge in [0.15, 0.2) is 11.5 Å².